The van der Waals surface area contributed by atoms with Gasteiger partial charge in [0.2, 0.25) is 0 Å². The molecule has 1 aromatic heterocycles. The van der Waals surface area contributed by atoms with Crippen LogP contribution in [0.15, 0.2) is 23.6 Å². The van der Waals surface area contributed by atoms with Gasteiger partial charge in [-0.3, -0.25) is 4.98 Å². The first-order chi connectivity index (χ1) is 8.22. The zero-order valence-corrected chi connectivity index (χ0v) is 11.6. The van der Waals surface area contributed by atoms with Crippen molar-refractivity contribution in [1.29, 1.82) is 0 Å². The van der Waals surface area contributed by atoms with Gasteiger partial charge < -0.3 is 0 Å². The molecule has 0 radical (unpaired) electrons. The normalized spacial score (nSPS) is 20.1. The topological polar surface area (TPSA) is 12.9 Å². The van der Waals surface area contributed by atoms with Gasteiger partial charge in [-0.1, -0.05) is 12.2 Å². The maximum Gasteiger partial charge on any atom is 0.0661 e. The Kier molecular flexibility index (Phi) is 4.06. The number of hydrogen-bond donors (Lipinski definition) is 0. The summed E-state index contributed by atoms with van der Waals surface area (Å²) in [7, 11) is 0. The Morgan fingerprint density at radius 2 is 2.24 bits per heavy atom. The van der Waals surface area contributed by atoms with E-state index in [1.165, 1.54) is 29.7 Å². The van der Waals surface area contributed by atoms with Crippen LogP contribution in [0, 0.1) is 13.8 Å². The van der Waals surface area contributed by atoms with Gasteiger partial charge in [-0.15, -0.1) is 11.8 Å². The van der Waals surface area contributed by atoms with Gasteiger partial charge in [0.25, 0.3) is 0 Å². The molecule has 1 aliphatic heterocycles. The molecule has 0 amide bonds. The number of aryl methyl sites for hydroxylation is 1. The van der Waals surface area contributed by atoms with Crippen LogP contribution in [-0.2, 0) is 0 Å². The lowest BCUT2D eigenvalue weighted by Crippen LogP contribution is -2.03. The van der Waals surface area contributed by atoms with Crippen molar-refractivity contribution in [3.05, 3.63) is 46.1 Å². The van der Waals surface area contributed by atoms with Crippen LogP contribution in [0.3, 0.4) is 0 Å². The molecule has 1 unspecified atom stereocenters. The number of pyridine rings is 1. The van der Waals surface area contributed by atoms with Crippen molar-refractivity contribution in [2.24, 2.45) is 0 Å². The molecule has 0 aliphatic carbocycles. The Morgan fingerprint density at radius 1 is 1.41 bits per heavy atom. The molecule has 0 bridgehead atoms. The van der Waals surface area contributed by atoms with E-state index >= 15 is 0 Å². The largest absolute Gasteiger partial charge is 0.252 e. The van der Waals surface area contributed by atoms with Crippen LogP contribution >= 0.6 is 11.8 Å². The second kappa shape index (κ2) is 5.54. The standard InChI is InChI=1S/C15H19NS/c1-4-7-13-12(3)11(2)10-14(16-13)15-8-5-6-9-17-15/h4,6-7,9-10,15H,5,8H2,1-3H3. The van der Waals surface area contributed by atoms with E-state index < -0.39 is 0 Å². The predicted octanol–water partition coefficient (Wildman–Crippen LogP) is 4.81. The third-order valence-electron chi connectivity index (χ3n) is 3.18. The lowest BCUT2D eigenvalue weighted by atomic mass is 10.0. The molecule has 0 saturated heterocycles. The zero-order chi connectivity index (χ0) is 12.3. The Bertz CT molecular complexity index is 460. The third-order valence-corrected chi connectivity index (χ3v) is 4.33. The number of aromatic nitrogens is 1. The SMILES string of the molecule is CC=Cc1nc(C2CCC=CS2)cc(C)c1C. The van der Waals surface area contributed by atoms with Crippen LogP contribution in [-0.4, -0.2) is 4.98 Å². The molecule has 0 spiro atoms. The van der Waals surface area contributed by atoms with E-state index in [1.807, 2.05) is 18.7 Å². The van der Waals surface area contributed by atoms with E-state index in [2.05, 4.69) is 43.5 Å². The number of thioether (sulfide) groups is 1. The van der Waals surface area contributed by atoms with Crippen LogP contribution in [0.2, 0.25) is 0 Å². The van der Waals surface area contributed by atoms with E-state index in [9.17, 15) is 0 Å². The first-order valence-corrected chi connectivity index (χ1v) is 7.08. The molecular weight excluding hydrogens is 226 g/mol. The lowest BCUT2D eigenvalue weighted by molar-refractivity contribution is 0.790. The molecule has 1 aliphatic rings. The fourth-order valence-corrected chi connectivity index (χ4v) is 2.99. The monoisotopic (exact) mass is 245 g/mol. The number of rotatable bonds is 2. The molecule has 2 heterocycles. The van der Waals surface area contributed by atoms with Gasteiger partial charge in [-0.05, 0) is 62.3 Å². The molecule has 90 valence electrons. The molecule has 0 fully saturated rings. The zero-order valence-electron chi connectivity index (χ0n) is 10.7. The molecule has 1 nitrogen and oxygen atoms in total. The average Bonchev–Trinajstić information content (AvgIpc) is 2.36. The maximum absolute atomic E-state index is 4.80. The van der Waals surface area contributed by atoms with Crippen molar-refractivity contribution in [3.8, 4) is 0 Å². The van der Waals surface area contributed by atoms with Crippen molar-refractivity contribution in [2.45, 2.75) is 38.9 Å². The molecule has 1 atom stereocenters. The third kappa shape index (κ3) is 2.81. The average molecular weight is 245 g/mol. The summed E-state index contributed by atoms with van der Waals surface area (Å²) in [6, 6.07) is 2.25. The highest BCUT2D eigenvalue weighted by molar-refractivity contribution is 8.02. The van der Waals surface area contributed by atoms with E-state index in [4.69, 9.17) is 4.98 Å². The van der Waals surface area contributed by atoms with E-state index in [0.717, 1.165) is 5.69 Å². The molecule has 0 aromatic carbocycles. The van der Waals surface area contributed by atoms with E-state index in [1.54, 1.807) is 0 Å². The van der Waals surface area contributed by atoms with Gasteiger partial charge >= 0.3 is 0 Å². The number of nitrogens with zero attached hydrogens (tertiary/aromatic N) is 1. The molecule has 0 N–H and O–H groups in total. The molecular formula is C15H19NS. The minimum Gasteiger partial charge on any atom is -0.252 e. The quantitative estimate of drug-likeness (QED) is 0.741. The molecule has 1 aromatic rings. The van der Waals surface area contributed by atoms with Crippen molar-refractivity contribution >= 4 is 17.8 Å². The van der Waals surface area contributed by atoms with Gasteiger partial charge in [-0.25, -0.2) is 0 Å². The predicted molar refractivity (Wildman–Crippen MR) is 77.1 cm³/mol. The minimum absolute atomic E-state index is 0.531. The fourth-order valence-electron chi connectivity index (χ4n) is 2.02. The second-order valence-electron chi connectivity index (χ2n) is 4.45. The van der Waals surface area contributed by atoms with Gasteiger partial charge in [-0.2, -0.15) is 0 Å². The van der Waals surface area contributed by atoms with Gasteiger partial charge in [0.15, 0.2) is 0 Å². The van der Waals surface area contributed by atoms with Gasteiger partial charge in [0.1, 0.15) is 0 Å². The first-order valence-electron chi connectivity index (χ1n) is 6.13. The first kappa shape index (κ1) is 12.4. The van der Waals surface area contributed by atoms with Crippen molar-refractivity contribution in [2.75, 3.05) is 0 Å². The fraction of sp³-hybridized carbons (Fsp3) is 0.400. The summed E-state index contributed by atoms with van der Waals surface area (Å²) >= 11 is 1.89. The maximum atomic E-state index is 4.80. The summed E-state index contributed by atoms with van der Waals surface area (Å²) in [5.41, 5.74) is 5.00. The molecule has 2 heteroatoms. The summed E-state index contributed by atoms with van der Waals surface area (Å²) in [5.74, 6) is 0. The van der Waals surface area contributed by atoms with Gasteiger partial charge in [0.05, 0.1) is 16.6 Å². The van der Waals surface area contributed by atoms with Crippen LogP contribution < -0.4 is 0 Å². The Balaban J connectivity index is 2.37. The van der Waals surface area contributed by atoms with Crippen LogP contribution in [0.1, 0.15) is 47.5 Å². The highest BCUT2D eigenvalue weighted by Gasteiger charge is 2.16. The molecule has 17 heavy (non-hydrogen) atoms. The van der Waals surface area contributed by atoms with Crippen molar-refractivity contribution in [1.82, 2.24) is 4.98 Å². The van der Waals surface area contributed by atoms with E-state index in [-0.39, 0.29) is 0 Å². The highest BCUT2D eigenvalue weighted by atomic mass is 32.2. The highest BCUT2D eigenvalue weighted by Crippen LogP contribution is 2.37. The summed E-state index contributed by atoms with van der Waals surface area (Å²) in [4.78, 5) is 4.80. The van der Waals surface area contributed by atoms with Crippen LogP contribution in [0.4, 0.5) is 0 Å². The smallest absolute Gasteiger partial charge is 0.0661 e. The summed E-state index contributed by atoms with van der Waals surface area (Å²) in [5, 5.41) is 2.74. The van der Waals surface area contributed by atoms with Crippen LogP contribution in [0.25, 0.3) is 6.08 Å². The van der Waals surface area contributed by atoms with Crippen LogP contribution in [0.5, 0.6) is 0 Å². The summed E-state index contributed by atoms with van der Waals surface area (Å²) in [6.45, 7) is 6.37. The van der Waals surface area contributed by atoms with Crippen molar-refractivity contribution < 1.29 is 0 Å². The second-order valence-corrected chi connectivity index (χ2v) is 5.56. The van der Waals surface area contributed by atoms with E-state index in [0.29, 0.717) is 5.25 Å². The molecule has 2 rings (SSSR count). The summed E-state index contributed by atoms with van der Waals surface area (Å²) < 4.78 is 0. The number of allylic oxidation sites excluding steroid dienone is 2. The van der Waals surface area contributed by atoms with Crippen molar-refractivity contribution in [3.63, 3.8) is 0 Å². The van der Waals surface area contributed by atoms with Gasteiger partial charge in [0, 0.05) is 0 Å². The lowest BCUT2D eigenvalue weighted by Gasteiger charge is -2.18. The number of hydrogen-bond acceptors (Lipinski definition) is 2. The Morgan fingerprint density at radius 3 is 2.88 bits per heavy atom. The minimum atomic E-state index is 0.531. The molecule has 0 saturated carbocycles. The Hall–Kier alpha value is -1.02. The summed E-state index contributed by atoms with van der Waals surface area (Å²) in [6.07, 6.45) is 8.79. The Labute approximate surface area is 108 Å².